The van der Waals surface area contributed by atoms with Gasteiger partial charge in [-0.1, -0.05) is 85.5 Å². The summed E-state index contributed by atoms with van der Waals surface area (Å²) in [6.07, 6.45) is 5.41. The van der Waals surface area contributed by atoms with Crippen molar-refractivity contribution in [3.8, 4) is 22.5 Å². The molecule has 0 fully saturated rings. The third-order valence-electron chi connectivity index (χ3n) is 6.99. The number of aromatic nitrogens is 6. The van der Waals surface area contributed by atoms with E-state index in [2.05, 4.69) is 40.3 Å². The highest BCUT2D eigenvalue weighted by Crippen LogP contribution is 2.35. The van der Waals surface area contributed by atoms with Crippen molar-refractivity contribution >= 4 is 80.0 Å². The lowest BCUT2D eigenvalue weighted by molar-refractivity contribution is -0.118. The number of aryl methyl sites for hydroxylation is 2. The van der Waals surface area contributed by atoms with E-state index in [-0.39, 0.29) is 64.6 Å². The van der Waals surface area contributed by atoms with Crippen LogP contribution in [0.25, 0.3) is 22.5 Å². The first-order valence-corrected chi connectivity index (χ1v) is 20.5. The number of nitrogens with zero attached hydrogens (tertiary/aromatic N) is 6. The van der Waals surface area contributed by atoms with Crippen LogP contribution in [0.3, 0.4) is 0 Å². The Kier molecular flexibility index (Phi) is 30.3. The van der Waals surface area contributed by atoms with Crippen LogP contribution in [-0.4, -0.2) is 96.4 Å². The highest BCUT2D eigenvalue weighted by atomic mass is 35.5. The Bertz CT molecular complexity index is 2020. The molecule has 0 saturated carbocycles. The summed E-state index contributed by atoms with van der Waals surface area (Å²) < 4.78 is 36.9. The van der Waals surface area contributed by atoms with Gasteiger partial charge in [-0.15, -0.1) is 20.4 Å². The number of nitrogens with two attached hydrogens (primary N) is 5. The summed E-state index contributed by atoms with van der Waals surface area (Å²) in [6.45, 7) is 1.68. The van der Waals surface area contributed by atoms with Crippen molar-refractivity contribution in [2.24, 2.45) is 17.2 Å². The fourth-order valence-corrected chi connectivity index (χ4v) is 5.48. The summed E-state index contributed by atoms with van der Waals surface area (Å²) in [7, 11) is -3.44. The van der Waals surface area contributed by atoms with Gasteiger partial charge in [-0.25, -0.2) is 9.97 Å². The third kappa shape index (κ3) is 22.7. The zero-order valence-electron chi connectivity index (χ0n) is 31.4. The fourth-order valence-electron chi connectivity index (χ4n) is 4.33. The van der Waals surface area contributed by atoms with Gasteiger partial charge in [-0.05, 0) is 37.8 Å². The second-order valence-electron chi connectivity index (χ2n) is 11.7. The highest BCUT2D eigenvalue weighted by molar-refractivity contribution is 7.85. The summed E-state index contributed by atoms with van der Waals surface area (Å²) in [5.41, 5.74) is 28.2. The Labute approximate surface area is 377 Å². The van der Waals surface area contributed by atoms with Crippen LogP contribution in [0.5, 0.6) is 0 Å². The van der Waals surface area contributed by atoms with Gasteiger partial charge in [0.2, 0.25) is 11.8 Å². The molecule has 0 bridgehead atoms. The largest absolute Gasteiger partial charge is 1.00 e. The summed E-state index contributed by atoms with van der Waals surface area (Å²) in [5.74, 6) is 0.732. The molecule has 2 aromatic heterocycles. The van der Waals surface area contributed by atoms with Crippen LogP contribution in [0.4, 0.5) is 11.6 Å². The summed E-state index contributed by atoms with van der Waals surface area (Å²) in [5, 5.41) is 17.9. The van der Waals surface area contributed by atoms with E-state index >= 15 is 0 Å². The summed E-state index contributed by atoms with van der Waals surface area (Å²) in [4.78, 5) is 28.6. The average Bonchev–Trinajstić information content (AvgIpc) is 3.15. The first-order valence-electron chi connectivity index (χ1n) is 17.2. The Hall–Kier alpha value is -3.76. The minimum Gasteiger partial charge on any atom is -1.00 e. The predicted octanol–water partition coefficient (Wildman–Crippen LogP) is 2.09. The highest BCUT2D eigenvalue weighted by Gasteiger charge is 2.15. The minimum atomic E-state index is -3.44. The fraction of sp³-hybridized carbons (Fsp3) is 0.444. The van der Waals surface area contributed by atoms with Crippen molar-refractivity contribution in [2.75, 3.05) is 57.3 Å². The number of carbonyl (C=O) groups excluding carboxylic acids is 2. The maximum atomic E-state index is 10.8. The summed E-state index contributed by atoms with van der Waals surface area (Å²) in [6, 6.07) is 10.4. The number of ether oxygens (including phenoxy) is 2. The SMILES string of the molecule is C.C.CS(=O)(=O)OCCOCCCc1nnc(-c2cccc(Cl)c2Cl)c(N)n1.NC(=O)CCCCOCCCc1nnc(-c2cccc(Cl)c2Cl)c(N)n1.NCC(N)=O.[Cl-]. The molecule has 4 aromatic rings. The smallest absolute Gasteiger partial charge is 0.264 e. The number of amides is 2. The van der Waals surface area contributed by atoms with Gasteiger partial charge in [0.15, 0.2) is 23.3 Å². The predicted molar refractivity (Wildman–Crippen MR) is 233 cm³/mol. The van der Waals surface area contributed by atoms with E-state index in [0.29, 0.717) is 99.8 Å². The number of carbonyl (C=O) groups is 2. The second kappa shape index (κ2) is 31.1. The molecule has 0 unspecified atom stereocenters. The number of primary amides is 2. The lowest BCUT2D eigenvalue weighted by atomic mass is 10.1. The molecule has 0 radical (unpaired) electrons. The number of benzene rings is 2. The molecule has 0 aliphatic rings. The maximum absolute atomic E-state index is 10.8. The van der Waals surface area contributed by atoms with Crippen LogP contribution in [0, 0.1) is 0 Å². The standard InChI is InChI=1S/C17H21Cl2N5O2.C15H18Cl2N4O4S.C2H6N2O.2CH4.ClH/c18-12-6-3-5-11(15(12)19)16-17(21)22-14(23-24-16)8-4-10-26-9-2-1-7-13(20)25;1-26(22,23)25-9-8-24-7-3-6-12-19-15(18)14(21-20-12)10-4-2-5-11(16)13(10)17;3-1-2(4)5;;;/h3,5-6H,1-2,4,7-10H2,(H2,20,25)(H2,21,22,23);2,4-5H,3,6-9H2,1H3,(H2,18,19,20);1,3H2,(H2,4,5);2*1H4;1H/p-1. The number of rotatable bonds is 20. The zero-order valence-corrected chi connectivity index (χ0v) is 36.0. The van der Waals surface area contributed by atoms with E-state index in [1.54, 1.807) is 36.4 Å². The average molecular weight is 961 g/mol. The molecule has 0 saturated heterocycles. The normalized spacial score (nSPS) is 10.4. The van der Waals surface area contributed by atoms with Gasteiger partial charge >= 0.3 is 0 Å². The molecule has 0 atom stereocenters. The molecular weight excluding hydrogens is 908 g/mol. The topological polar surface area (TPSA) is 303 Å². The first-order chi connectivity index (χ1) is 27.0. The third-order valence-corrected chi connectivity index (χ3v) is 9.23. The molecule has 0 aliphatic heterocycles. The van der Waals surface area contributed by atoms with Crippen molar-refractivity contribution in [3.05, 3.63) is 68.1 Å². The lowest BCUT2D eigenvalue weighted by Gasteiger charge is -2.08. The molecule has 2 amide bonds. The molecule has 24 heteroatoms. The molecule has 2 aromatic carbocycles. The van der Waals surface area contributed by atoms with Crippen molar-refractivity contribution in [1.82, 2.24) is 30.4 Å². The number of hydrogen-bond donors (Lipinski definition) is 5. The van der Waals surface area contributed by atoms with Crippen molar-refractivity contribution < 1.29 is 44.1 Å². The van der Waals surface area contributed by atoms with Crippen molar-refractivity contribution in [1.29, 1.82) is 0 Å². The van der Waals surface area contributed by atoms with Crippen LogP contribution in [0.15, 0.2) is 36.4 Å². The van der Waals surface area contributed by atoms with E-state index in [9.17, 15) is 18.0 Å². The molecule has 336 valence electrons. The van der Waals surface area contributed by atoms with Gasteiger partial charge in [-0.3, -0.25) is 13.8 Å². The first kappa shape index (κ1) is 58.3. The summed E-state index contributed by atoms with van der Waals surface area (Å²) >= 11 is 24.4. The monoisotopic (exact) mass is 958 g/mol. The van der Waals surface area contributed by atoms with Gasteiger partial charge in [0.25, 0.3) is 10.1 Å². The van der Waals surface area contributed by atoms with E-state index in [1.807, 2.05) is 0 Å². The number of nitrogen functional groups attached to an aromatic ring is 2. The molecule has 0 spiro atoms. The quantitative estimate of drug-likeness (QED) is 0.0626. The van der Waals surface area contributed by atoms with Crippen LogP contribution < -0.4 is 41.1 Å². The molecular formula is C36H53Cl5N11O7S-. The minimum absolute atomic E-state index is 0. The van der Waals surface area contributed by atoms with Crippen LogP contribution in [0.1, 0.15) is 58.6 Å². The molecule has 2 heterocycles. The molecule has 18 nitrogen and oxygen atoms in total. The van der Waals surface area contributed by atoms with Crippen LogP contribution >= 0.6 is 46.4 Å². The molecule has 10 N–H and O–H groups in total. The maximum Gasteiger partial charge on any atom is 0.264 e. The van der Waals surface area contributed by atoms with Crippen molar-refractivity contribution in [3.63, 3.8) is 0 Å². The molecule has 0 aliphatic carbocycles. The Morgan fingerprint density at radius 2 is 1.07 bits per heavy atom. The van der Waals surface area contributed by atoms with Crippen molar-refractivity contribution in [2.45, 2.75) is 59.8 Å². The van der Waals surface area contributed by atoms with Crippen LogP contribution in [-0.2, 0) is 46.2 Å². The number of unbranched alkanes of at least 4 members (excludes halogenated alkanes) is 1. The number of hydrogen-bond acceptors (Lipinski definition) is 16. The van der Waals surface area contributed by atoms with E-state index in [0.717, 1.165) is 25.5 Å². The van der Waals surface area contributed by atoms with Gasteiger partial charge < -0.3 is 50.5 Å². The Balaban J connectivity index is 0. The molecule has 60 heavy (non-hydrogen) atoms. The van der Waals surface area contributed by atoms with Gasteiger partial charge in [0.1, 0.15) is 11.4 Å². The molecule has 4 rings (SSSR count). The van der Waals surface area contributed by atoms with E-state index in [1.165, 1.54) is 0 Å². The Morgan fingerprint density at radius 1 is 0.650 bits per heavy atom. The lowest BCUT2D eigenvalue weighted by Crippen LogP contribution is -3.00. The second-order valence-corrected chi connectivity index (χ2v) is 14.9. The number of anilines is 2. The van der Waals surface area contributed by atoms with Crippen LogP contribution in [0.2, 0.25) is 20.1 Å². The Morgan fingerprint density at radius 3 is 1.45 bits per heavy atom. The van der Waals surface area contributed by atoms with Gasteiger partial charge in [0.05, 0.1) is 46.1 Å². The number of halogens is 5. The zero-order chi connectivity index (χ0) is 42.4. The van der Waals surface area contributed by atoms with E-state index < -0.39 is 16.0 Å². The van der Waals surface area contributed by atoms with Gasteiger partial charge in [0, 0.05) is 50.2 Å². The van der Waals surface area contributed by atoms with Gasteiger partial charge in [-0.2, -0.15) is 8.42 Å². The van der Waals surface area contributed by atoms with E-state index in [4.69, 9.17) is 78.8 Å².